The second kappa shape index (κ2) is 10.1. The van der Waals surface area contributed by atoms with Gasteiger partial charge in [-0.1, -0.05) is 30.4 Å². The molecule has 0 fully saturated rings. The SMILES string of the molecule is CC(=O)Nc1ccc(/C=C/c2ccc(C(=O)OC(C)(C)C)c(Nc3ccc(F)cc3)c2)cc1. The first kappa shape index (κ1) is 23.7. The molecule has 0 aliphatic carbocycles. The second-order valence-corrected chi connectivity index (χ2v) is 8.58. The molecule has 0 saturated heterocycles. The molecule has 1 amide bonds. The van der Waals surface area contributed by atoms with Crippen molar-refractivity contribution in [2.45, 2.75) is 33.3 Å². The summed E-state index contributed by atoms with van der Waals surface area (Å²) in [6.07, 6.45) is 3.85. The van der Waals surface area contributed by atoms with Crippen molar-refractivity contribution in [1.82, 2.24) is 0 Å². The Kier molecular flexibility index (Phi) is 7.28. The Morgan fingerprint density at radius 1 is 0.848 bits per heavy atom. The molecule has 6 heteroatoms. The second-order valence-electron chi connectivity index (χ2n) is 8.58. The molecule has 0 aliphatic rings. The van der Waals surface area contributed by atoms with Gasteiger partial charge in [0, 0.05) is 18.3 Å². The summed E-state index contributed by atoms with van der Waals surface area (Å²) >= 11 is 0. The van der Waals surface area contributed by atoms with Crippen molar-refractivity contribution in [3.8, 4) is 0 Å². The highest BCUT2D eigenvalue weighted by Gasteiger charge is 2.20. The largest absolute Gasteiger partial charge is 0.456 e. The number of carbonyl (C=O) groups excluding carboxylic acids is 2. The van der Waals surface area contributed by atoms with Crippen LogP contribution in [0.4, 0.5) is 21.5 Å². The van der Waals surface area contributed by atoms with Crippen LogP contribution in [0.3, 0.4) is 0 Å². The lowest BCUT2D eigenvalue weighted by molar-refractivity contribution is -0.114. The first-order chi connectivity index (χ1) is 15.6. The topological polar surface area (TPSA) is 67.4 Å². The van der Waals surface area contributed by atoms with Gasteiger partial charge in [0.25, 0.3) is 0 Å². The number of nitrogens with one attached hydrogen (secondary N) is 2. The van der Waals surface area contributed by atoms with Crippen molar-refractivity contribution in [3.05, 3.63) is 89.2 Å². The molecular formula is C27H27FN2O3. The molecule has 0 unspecified atom stereocenters. The highest BCUT2D eigenvalue weighted by Crippen LogP contribution is 2.26. The first-order valence-corrected chi connectivity index (χ1v) is 10.5. The smallest absolute Gasteiger partial charge is 0.340 e. The van der Waals surface area contributed by atoms with E-state index in [9.17, 15) is 14.0 Å². The van der Waals surface area contributed by atoms with Crippen LogP contribution in [-0.2, 0) is 9.53 Å². The number of ether oxygens (including phenoxy) is 1. The number of esters is 1. The molecule has 3 aromatic rings. The maximum atomic E-state index is 13.3. The zero-order chi connectivity index (χ0) is 24.0. The summed E-state index contributed by atoms with van der Waals surface area (Å²) < 4.78 is 18.8. The van der Waals surface area contributed by atoms with Crippen molar-refractivity contribution in [2.24, 2.45) is 0 Å². The average Bonchev–Trinajstić information content (AvgIpc) is 2.73. The number of hydrogen-bond acceptors (Lipinski definition) is 4. The summed E-state index contributed by atoms with van der Waals surface area (Å²) in [7, 11) is 0. The molecule has 2 N–H and O–H groups in total. The first-order valence-electron chi connectivity index (χ1n) is 10.5. The molecule has 0 spiro atoms. The van der Waals surface area contributed by atoms with E-state index in [0.29, 0.717) is 16.9 Å². The molecule has 0 saturated carbocycles. The van der Waals surface area contributed by atoms with Crippen molar-refractivity contribution in [2.75, 3.05) is 10.6 Å². The van der Waals surface area contributed by atoms with Gasteiger partial charge in [-0.15, -0.1) is 0 Å². The Morgan fingerprint density at radius 3 is 2.03 bits per heavy atom. The molecule has 0 aromatic heterocycles. The van der Waals surface area contributed by atoms with Crippen LogP contribution in [0, 0.1) is 5.82 Å². The van der Waals surface area contributed by atoms with Gasteiger partial charge in [-0.3, -0.25) is 4.79 Å². The zero-order valence-electron chi connectivity index (χ0n) is 19.1. The number of hydrogen-bond donors (Lipinski definition) is 2. The molecule has 0 aliphatic heterocycles. The Labute approximate surface area is 193 Å². The molecule has 3 aromatic carbocycles. The van der Waals surface area contributed by atoms with E-state index >= 15 is 0 Å². The van der Waals surface area contributed by atoms with Crippen LogP contribution in [0.15, 0.2) is 66.7 Å². The molecule has 33 heavy (non-hydrogen) atoms. The summed E-state index contributed by atoms with van der Waals surface area (Å²) in [4.78, 5) is 23.9. The van der Waals surface area contributed by atoms with Crippen molar-refractivity contribution in [3.63, 3.8) is 0 Å². The van der Waals surface area contributed by atoms with E-state index in [2.05, 4.69) is 10.6 Å². The summed E-state index contributed by atoms with van der Waals surface area (Å²) in [6, 6.07) is 18.7. The number of rotatable bonds is 6. The van der Waals surface area contributed by atoms with Crippen LogP contribution in [0.25, 0.3) is 12.2 Å². The lowest BCUT2D eigenvalue weighted by Crippen LogP contribution is -2.24. The number of anilines is 3. The fraction of sp³-hybridized carbons (Fsp3) is 0.185. The van der Waals surface area contributed by atoms with Gasteiger partial charge in [0.15, 0.2) is 0 Å². The van der Waals surface area contributed by atoms with E-state index in [-0.39, 0.29) is 11.7 Å². The van der Waals surface area contributed by atoms with Gasteiger partial charge in [0.2, 0.25) is 5.91 Å². The van der Waals surface area contributed by atoms with Crippen molar-refractivity contribution < 1.29 is 18.7 Å². The summed E-state index contributed by atoms with van der Waals surface area (Å²) in [5.41, 5.74) is 3.49. The van der Waals surface area contributed by atoms with Gasteiger partial charge < -0.3 is 15.4 Å². The fourth-order valence-electron chi connectivity index (χ4n) is 3.04. The molecular weight excluding hydrogens is 419 g/mol. The molecule has 0 heterocycles. The van der Waals surface area contributed by atoms with Gasteiger partial charge in [0.1, 0.15) is 11.4 Å². The Balaban J connectivity index is 1.87. The number of benzene rings is 3. The lowest BCUT2D eigenvalue weighted by atomic mass is 10.1. The standard InChI is InChI=1S/C27H27FN2O3/c1-18(31)29-22-12-7-19(8-13-22)5-6-20-9-16-24(26(32)33-27(2,3)4)25(17-20)30-23-14-10-21(28)11-15-23/h5-17,30H,1-4H3,(H,29,31)/b6-5+. The van der Waals surface area contributed by atoms with Gasteiger partial charge >= 0.3 is 5.97 Å². The third kappa shape index (κ3) is 7.31. The maximum absolute atomic E-state index is 13.3. The van der Waals surface area contributed by atoms with E-state index in [1.165, 1.54) is 19.1 Å². The predicted molar refractivity (Wildman–Crippen MR) is 131 cm³/mol. The molecule has 0 atom stereocenters. The van der Waals surface area contributed by atoms with E-state index in [4.69, 9.17) is 4.74 Å². The van der Waals surface area contributed by atoms with Gasteiger partial charge in [-0.05, 0) is 80.4 Å². The number of amides is 1. The van der Waals surface area contributed by atoms with Crippen LogP contribution in [0.2, 0.25) is 0 Å². The van der Waals surface area contributed by atoms with E-state index < -0.39 is 11.6 Å². The minimum atomic E-state index is -0.633. The van der Waals surface area contributed by atoms with Crippen LogP contribution >= 0.6 is 0 Å². The highest BCUT2D eigenvalue weighted by atomic mass is 19.1. The predicted octanol–water partition coefficient (Wildman–Crippen LogP) is 6.65. The van der Waals surface area contributed by atoms with Crippen LogP contribution in [-0.4, -0.2) is 17.5 Å². The van der Waals surface area contributed by atoms with Crippen LogP contribution in [0.1, 0.15) is 49.2 Å². The van der Waals surface area contributed by atoms with Crippen molar-refractivity contribution in [1.29, 1.82) is 0 Å². The van der Waals surface area contributed by atoms with Crippen LogP contribution in [0.5, 0.6) is 0 Å². The number of carbonyl (C=O) groups is 2. The van der Waals surface area contributed by atoms with E-state index in [1.54, 1.807) is 18.2 Å². The van der Waals surface area contributed by atoms with Gasteiger partial charge in [-0.2, -0.15) is 0 Å². The lowest BCUT2D eigenvalue weighted by Gasteiger charge is -2.21. The van der Waals surface area contributed by atoms with Gasteiger partial charge in [-0.25, -0.2) is 9.18 Å². The van der Waals surface area contributed by atoms with Crippen LogP contribution < -0.4 is 10.6 Å². The third-order valence-corrected chi connectivity index (χ3v) is 4.48. The summed E-state index contributed by atoms with van der Waals surface area (Å²) in [5, 5.41) is 5.92. The normalized spacial score (nSPS) is 11.3. The minimum Gasteiger partial charge on any atom is -0.456 e. The quantitative estimate of drug-likeness (QED) is 0.328. The average molecular weight is 447 g/mol. The minimum absolute atomic E-state index is 0.121. The zero-order valence-corrected chi connectivity index (χ0v) is 19.1. The molecule has 170 valence electrons. The Hall–Kier alpha value is -3.93. The van der Waals surface area contributed by atoms with E-state index in [1.807, 2.05) is 69.3 Å². The summed E-state index contributed by atoms with van der Waals surface area (Å²) in [6.45, 7) is 6.90. The number of halogens is 1. The molecule has 0 bridgehead atoms. The molecule has 3 rings (SSSR count). The molecule has 0 radical (unpaired) electrons. The molecule has 5 nitrogen and oxygen atoms in total. The van der Waals surface area contributed by atoms with E-state index in [0.717, 1.165) is 16.8 Å². The van der Waals surface area contributed by atoms with Gasteiger partial charge in [0.05, 0.1) is 11.3 Å². The Bertz CT molecular complexity index is 1160. The Morgan fingerprint density at radius 2 is 1.42 bits per heavy atom. The summed E-state index contributed by atoms with van der Waals surface area (Å²) in [5.74, 6) is -0.908. The highest BCUT2D eigenvalue weighted by molar-refractivity contribution is 5.97. The van der Waals surface area contributed by atoms with Crippen molar-refractivity contribution >= 4 is 41.1 Å². The maximum Gasteiger partial charge on any atom is 0.340 e. The fourth-order valence-corrected chi connectivity index (χ4v) is 3.04. The third-order valence-electron chi connectivity index (χ3n) is 4.48. The monoisotopic (exact) mass is 446 g/mol.